The van der Waals surface area contributed by atoms with Crippen LogP contribution in [0.5, 0.6) is 0 Å². The molecule has 0 radical (unpaired) electrons. The Labute approximate surface area is 109 Å². The Morgan fingerprint density at radius 2 is 2.35 bits per heavy atom. The first-order valence-corrected chi connectivity index (χ1v) is 7.61. The van der Waals surface area contributed by atoms with Gasteiger partial charge in [-0.25, -0.2) is 0 Å². The second-order valence-electron chi connectivity index (χ2n) is 5.04. The van der Waals surface area contributed by atoms with Crippen molar-refractivity contribution in [3.05, 3.63) is 21.9 Å². The van der Waals surface area contributed by atoms with E-state index in [0.29, 0.717) is 0 Å². The van der Waals surface area contributed by atoms with Crippen molar-refractivity contribution in [2.24, 2.45) is 0 Å². The Kier molecular flexibility index (Phi) is 5.01. The first-order valence-electron chi connectivity index (χ1n) is 6.73. The van der Waals surface area contributed by atoms with E-state index in [9.17, 15) is 0 Å². The molecule has 1 fully saturated rings. The van der Waals surface area contributed by atoms with Gasteiger partial charge in [0.2, 0.25) is 0 Å². The van der Waals surface area contributed by atoms with E-state index in [1.54, 1.807) is 4.88 Å². The minimum absolute atomic E-state index is 0.790. The third kappa shape index (κ3) is 3.54. The van der Waals surface area contributed by atoms with Crippen molar-refractivity contribution in [3.63, 3.8) is 0 Å². The summed E-state index contributed by atoms with van der Waals surface area (Å²) in [5.41, 5.74) is 1.47. The summed E-state index contributed by atoms with van der Waals surface area (Å²) < 4.78 is 0. The Morgan fingerprint density at radius 1 is 1.47 bits per heavy atom. The van der Waals surface area contributed by atoms with E-state index in [2.05, 4.69) is 35.6 Å². The molecule has 1 aromatic rings. The van der Waals surface area contributed by atoms with E-state index in [1.807, 2.05) is 11.3 Å². The molecule has 0 aromatic carbocycles. The molecule has 0 spiro atoms. The van der Waals surface area contributed by atoms with Crippen LogP contribution in [0.4, 0.5) is 0 Å². The average molecular weight is 252 g/mol. The number of thiophene rings is 1. The average Bonchev–Trinajstić information content (AvgIpc) is 2.74. The predicted octanol–water partition coefficient (Wildman–Crippen LogP) is 3.02. The van der Waals surface area contributed by atoms with E-state index in [4.69, 9.17) is 0 Å². The number of nitrogens with one attached hydrogen (secondary N) is 1. The topological polar surface area (TPSA) is 15.3 Å². The molecule has 1 atom stereocenters. The molecule has 1 N–H and O–H groups in total. The van der Waals surface area contributed by atoms with Crippen LogP contribution in [0.1, 0.15) is 36.1 Å². The molecular formula is C14H24N2S. The second kappa shape index (κ2) is 6.53. The highest BCUT2D eigenvalue weighted by Gasteiger charge is 2.22. The maximum atomic E-state index is 3.28. The molecule has 0 bridgehead atoms. The number of piperidine rings is 1. The molecule has 96 valence electrons. The maximum absolute atomic E-state index is 3.28. The standard InChI is InChI=1S/C14H24N2S/c1-12-7-10-17-14(12)11-16-9-4-3-5-13(16)6-8-15-2/h7,10,13,15H,3-6,8-9,11H2,1-2H3. The SMILES string of the molecule is CNCCC1CCCCN1Cc1sccc1C. The van der Waals surface area contributed by atoms with Gasteiger partial charge in [-0.3, -0.25) is 4.90 Å². The van der Waals surface area contributed by atoms with Crippen LogP contribution < -0.4 is 5.32 Å². The number of rotatable bonds is 5. The van der Waals surface area contributed by atoms with E-state index >= 15 is 0 Å². The molecule has 2 rings (SSSR count). The van der Waals surface area contributed by atoms with Gasteiger partial charge in [-0.1, -0.05) is 6.42 Å². The monoisotopic (exact) mass is 252 g/mol. The van der Waals surface area contributed by atoms with Gasteiger partial charge in [-0.05, 0) is 63.3 Å². The lowest BCUT2D eigenvalue weighted by molar-refractivity contribution is 0.133. The Morgan fingerprint density at radius 3 is 3.06 bits per heavy atom. The third-order valence-corrected chi connectivity index (χ3v) is 4.80. The fourth-order valence-corrected chi connectivity index (χ4v) is 3.59. The van der Waals surface area contributed by atoms with Crippen molar-refractivity contribution in [2.45, 2.75) is 45.2 Å². The molecule has 0 aliphatic carbocycles. The van der Waals surface area contributed by atoms with Crippen LogP contribution in [0.15, 0.2) is 11.4 Å². The van der Waals surface area contributed by atoms with E-state index in [1.165, 1.54) is 37.8 Å². The van der Waals surface area contributed by atoms with E-state index in [0.717, 1.165) is 19.1 Å². The van der Waals surface area contributed by atoms with Crippen LogP contribution in [0.2, 0.25) is 0 Å². The quantitative estimate of drug-likeness (QED) is 0.866. The van der Waals surface area contributed by atoms with E-state index < -0.39 is 0 Å². The largest absolute Gasteiger partial charge is 0.320 e. The molecule has 3 heteroatoms. The molecule has 1 saturated heterocycles. The van der Waals surface area contributed by atoms with Crippen LogP contribution in [-0.4, -0.2) is 31.1 Å². The maximum Gasteiger partial charge on any atom is 0.0333 e. The minimum atomic E-state index is 0.790. The van der Waals surface area contributed by atoms with Crippen molar-refractivity contribution in [3.8, 4) is 0 Å². The highest BCUT2D eigenvalue weighted by Crippen LogP contribution is 2.25. The molecular weight excluding hydrogens is 228 g/mol. The van der Waals surface area contributed by atoms with Gasteiger partial charge in [-0.15, -0.1) is 11.3 Å². The summed E-state index contributed by atoms with van der Waals surface area (Å²) in [5, 5.41) is 5.50. The van der Waals surface area contributed by atoms with Crippen LogP contribution in [-0.2, 0) is 6.54 Å². The summed E-state index contributed by atoms with van der Waals surface area (Å²) in [4.78, 5) is 4.25. The number of aryl methyl sites for hydroxylation is 1. The first-order chi connectivity index (χ1) is 8.31. The third-order valence-electron chi connectivity index (χ3n) is 3.79. The van der Waals surface area contributed by atoms with Crippen molar-refractivity contribution >= 4 is 11.3 Å². The minimum Gasteiger partial charge on any atom is -0.320 e. The van der Waals surface area contributed by atoms with Crippen LogP contribution >= 0.6 is 11.3 Å². The first kappa shape index (κ1) is 13.1. The van der Waals surface area contributed by atoms with Gasteiger partial charge < -0.3 is 5.32 Å². The highest BCUT2D eigenvalue weighted by molar-refractivity contribution is 7.10. The van der Waals surface area contributed by atoms with Crippen molar-refractivity contribution in [1.29, 1.82) is 0 Å². The molecule has 1 aliphatic rings. The highest BCUT2D eigenvalue weighted by atomic mass is 32.1. The summed E-state index contributed by atoms with van der Waals surface area (Å²) in [6.45, 7) is 5.83. The van der Waals surface area contributed by atoms with Crippen molar-refractivity contribution < 1.29 is 0 Å². The molecule has 1 aliphatic heterocycles. The van der Waals surface area contributed by atoms with Crippen LogP contribution in [0.3, 0.4) is 0 Å². The number of nitrogens with zero attached hydrogens (tertiary/aromatic N) is 1. The number of hydrogen-bond acceptors (Lipinski definition) is 3. The fraction of sp³-hybridized carbons (Fsp3) is 0.714. The lowest BCUT2D eigenvalue weighted by Crippen LogP contribution is -2.40. The Balaban J connectivity index is 1.94. The summed E-state index contributed by atoms with van der Waals surface area (Å²) in [5.74, 6) is 0. The summed E-state index contributed by atoms with van der Waals surface area (Å²) in [6.07, 6.45) is 5.46. The molecule has 1 aromatic heterocycles. The summed E-state index contributed by atoms with van der Waals surface area (Å²) in [7, 11) is 2.05. The Bertz CT molecular complexity index is 335. The fourth-order valence-electron chi connectivity index (χ4n) is 2.66. The molecule has 17 heavy (non-hydrogen) atoms. The molecule has 0 amide bonds. The van der Waals surface area contributed by atoms with Gasteiger partial charge in [0.05, 0.1) is 0 Å². The van der Waals surface area contributed by atoms with Crippen molar-refractivity contribution in [1.82, 2.24) is 10.2 Å². The zero-order chi connectivity index (χ0) is 12.1. The predicted molar refractivity (Wildman–Crippen MR) is 75.6 cm³/mol. The zero-order valence-corrected chi connectivity index (χ0v) is 11.9. The second-order valence-corrected chi connectivity index (χ2v) is 6.04. The Hall–Kier alpha value is -0.380. The van der Waals surface area contributed by atoms with Crippen LogP contribution in [0.25, 0.3) is 0 Å². The summed E-state index contributed by atoms with van der Waals surface area (Å²) >= 11 is 1.91. The molecule has 1 unspecified atom stereocenters. The summed E-state index contributed by atoms with van der Waals surface area (Å²) in [6, 6.07) is 3.03. The smallest absolute Gasteiger partial charge is 0.0333 e. The number of likely N-dealkylation sites (tertiary alicyclic amines) is 1. The van der Waals surface area contributed by atoms with Gasteiger partial charge in [-0.2, -0.15) is 0 Å². The lowest BCUT2D eigenvalue weighted by Gasteiger charge is -2.35. The van der Waals surface area contributed by atoms with E-state index in [-0.39, 0.29) is 0 Å². The molecule has 2 heterocycles. The van der Waals surface area contributed by atoms with Gasteiger partial charge in [0.1, 0.15) is 0 Å². The van der Waals surface area contributed by atoms with Crippen molar-refractivity contribution in [2.75, 3.05) is 20.1 Å². The normalized spacial score (nSPS) is 21.9. The molecule has 0 saturated carbocycles. The molecule has 2 nitrogen and oxygen atoms in total. The zero-order valence-electron chi connectivity index (χ0n) is 11.0. The van der Waals surface area contributed by atoms with Gasteiger partial charge in [0.15, 0.2) is 0 Å². The van der Waals surface area contributed by atoms with Gasteiger partial charge >= 0.3 is 0 Å². The van der Waals surface area contributed by atoms with Gasteiger partial charge in [0, 0.05) is 17.5 Å². The van der Waals surface area contributed by atoms with Crippen LogP contribution in [0, 0.1) is 6.92 Å². The lowest BCUT2D eigenvalue weighted by atomic mass is 9.99. The number of hydrogen-bond donors (Lipinski definition) is 1. The van der Waals surface area contributed by atoms with Gasteiger partial charge in [0.25, 0.3) is 0 Å².